The molecule has 0 aliphatic carbocycles. The normalized spacial score (nSPS) is 13.4. The van der Waals surface area contributed by atoms with Crippen LogP contribution in [-0.4, -0.2) is 51.1 Å². The van der Waals surface area contributed by atoms with Crippen molar-refractivity contribution in [1.82, 2.24) is 15.6 Å². The van der Waals surface area contributed by atoms with Crippen molar-refractivity contribution in [2.75, 3.05) is 0 Å². The lowest BCUT2D eigenvalue weighted by atomic mass is 10.0. The maximum Gasteiger partial charge on any atom is 0.326 e. The number of nitrogens with one attached hydrogen (secondary N) is 3. The number of amides is 2. The molecule has 0 aliphatic heterocycles. The first-order valence-electron chi connectivity index (χ1n) is 12.3. The molecule has 9 nitrogen and oxygen atoms in total. The van der Waals surface area contributed by atoms with Crippen molar-refractivity contribution in [2.24, 2.45) is 5.73 Å². The zero-order valence-electron chi connectivity index (χ0n) is 20.6. The van der Waals surface area contributed by atoms with Crippen molar-refractivity contribution < 1.29 is 24.6 Å². The summed E-state index contributed by atoms with van der Waals surface area (Å²) in [5.41, 5.74) is 9.29. The summed E-state index contributed by atoms with van der Waals surface area (Å²) < 4.78 is 0. The first kappa shape index (κ1) is 26.4. The van der Waals surface area contributed by atoms with Crippen LogP contribution in [0.25, 0.3) is 10.9 Å². The number of carboxylic acids is 1. The summed E-state index contributed by atoms with van der Waals surface area (Å²) in [5, 5.41) is 25.5. The quantitative estimate of drug-likeness (QED) is 0.180. The van der Waals surface area contributed by atoms with E-state index < -0.39 is 35.9 Å². The number of aromatic nitrogens is 1. The lowest BCUT2D eigenvalue weighted by Crippen LogP contribution is -2.55. The van der Waals surface area contributed by atoms with Gasteiger partial charge in [-0.1, -0.05) is 60.7 Å². The zero-order chi connectivity index (χ0) is 27.1. The van der Waals surface area contributed by atoms with E-state index in [4.69, 9.17) is 5.73 Å². The number of aromatic amines is 1. The molecule has 3 atom stereocenters. The lowest BCUT2D eigenvalue weighted by Gasteiger charge is -2.23. The Morgan fingerprint density at radius 3 is 2.11 bits per heavy atom. The minimum absolute atomic E-state index is 0.0669. The van der Waals surface area contributed by atoms with Crippen LogP contribution in [0.1, 0.15) is 16.7 Å². The van der Waals surface area contributed by atoms with Crippen LogP contribution >= 0.6 is 0 Å². The molecule has 0 saturated carbocycles. The number of benzene rings is 3. The van der Waals surface area contributed by atoms with E-state index in [1.54, 1.807) is 18.3 Å². The largest absolute Gasteiger partial charge is 0.508 e. The van der Waals surface area contributed by atoms with Gasteiger partial charge in [-0.3, -0.25) is 9.59 Å². The Morgan fingerprint density at radius 2 is 1.39 bits per heavy atom. The van der Waals surface area contributed by atoms with E-state index in [0.717, 1.165) is 27.6 Å². The molecule has 0 radical (unpaired) electrons. The summed E-state index contributed by atoms with van der Waals surface area (Å²) in [4.78, 5) is 41.5. The summed E-state index contributed by atoms with van der Waals surface area (Å²) in [5.74, 6) is -2.24. The molecule has 9 heteroatoms. The molecule has 0 fully saturated rings. The highest BCUT2D eigenvalue weighted by Gasteiger charge is 2.29. The number of hydrogen-bond donors (Lipinski definition) is 6. The van der Waals surface area contributed by atoms with Crippen molar-refractivity contribution in [3.8, 4) is 5.75 Å². The van der Waals surface area contributed by atoms with Gasteiger partial charge in [0.15, 0.2) is 0 Å². The molecule has 4 aromatic rings. The van der Waals surface area contributed by atoms with Gasteiger partial charge >= 0.3 is 5.97 Å². The third kappa shape index (κ3) is 6.77. The van der Waals surface area contributed by atoms with E-state index in [9.17, 15) is 24.6 Å². The smallest absolute Gasteiger partial charge is 0.326 e. The van der Waals surface area contributed by atoms with Crippen LogP contribution in [0.3, 0.4) is 0 Å². The molecule has 0 spiro atoms. The molecule has 7 N–H and O–H groups in total. The Bertz CT molecular complexity index is 1400. The highest BCUT2D eigenvalue weighted by molar-refractivity contribution is 5.92. The monoisotopic (exact) mass is 514 g/mol. The number of H-pyrrole nitrogens is 1. The van der Waals surface area contributed by atoms with E-state index in [-0.39, 0.29) is 25.0 Å². The Kier molecular flexibility index (Phi) is 8.40. The first-order chi connectivity index (χ1) is 18.3. The summed E-state index contributed by atoms with van der Waals surface area (Å²) in [6.45, 7) is 0. The Labute approximate surface area is 219 Å². The second-order valence-corrected chi connectivity index (χ2v) is 9.19. The number of para-hydroxylation sites is 1. The molecule has 4 rings (SSSR count). The number of aliphatic carboxylic acids is 1. The predicted octanol–water partition coefficient (Wildman–Crippen LogP) is 2.28. The number of carbonyl (C=O) groups is 3. The van der Waals surface area contributed by atoms with Gasteiger partial charge in [0, 0.05) is 29.9 Å². The van der Waals surface area contributed by atoms with Crippen molar-refractivity contribution in [3.05, 3.63) is 102 Å². The summed E-state index contributed by atoms with van der Waals surface area (Å²) >= 11 is 0. The second-order valence-electron chi connectivity index (χ2n) is 9.19. The maximum atomic E-state index is 13.3. The molecule has 1 aromatic heterocycles. The maximum absolute atomic E-state index is 13.3. The minimum atomic E-state index is -1.21. The fourth-order valence-corrected chi connectivity index (χ4v) is 4.31. The summed E-state index contributed by atoms with van der Waals surface area (Å²) in [6.07, 6.45) is 2.16. The molecule has 2 amide bonds. The number of aromatic hydroxyl groups is 1. The van der Waals surface area contributed by atoms with Gasteiger partial charge in [0.05, 0.1) is 6.04 Å². The van der Waals surface area contributed by atoms with Crippen LogP contribution in [0.5, 0.6) is 5.75 Å². The molecule has 0 aliphatic rings. The number of carbonyl (C=O) groups excluding carboxylic acids is 2. The standard InChI is InChI=1S/C29H30N4O5/c30-23(14-19-10-12-21(34)13-11-19)27(35)32-25(15-18-6-2-1-3-7-18)28(36)33-26(29(37)38)16-20-17-31-24-9-5-4-8-22(20)24/h1-13,17,23,25-26,31,34H,14-16,30H2,(H,32,35)(H,33,36)(H,37,38). The van der Waals surface area contributed by atoms with Crippen molar-refractivity contribution in [2.45, 2.75) is 37.4 Å². The molecule has 38 heavy (non-hydrogen) atoms. The first-order valence-corrected chi connectivity index (χ1v) is 12.3. The van der Waals surface area contributed by atoms with Gasteiger partial charge in [-0.2, -0.15) is 0 Å². The van der Waals surface area contributed by atoms with Crippen LogP contribution in [0, 0.1) is 0 Å². The molecular formula is C29H30N4O5. The van der Waals surface area contributed by atoms with E-state index in [0.29, 0.717) is 0 Å². The van der Waals surface area contributed by atoms with E-state index in [2.05, 4.69) is 15.6 Å². The third-order valence-electron chi connectivity index (χ3n) is 6.36. The number of phenols is 1. The van der Waals surface area contributed by atoms with Gasteiger partial charge in [0.1, 0.15) is 17.8 Å². The summed E-state index contributed by atoms with van der Waals surface area (Å²) in [7, 11) is 0. The van der Waals surface area contributed by atoms with Gasteiger partial charge in [-0.25, -0.2) is 4.79 Å². The number of hydrogen-bond acceptors (Lipinski definition) is 5. The highest BCUT2D eigenvalue weighted by atomic mass is 16.4. The van der Waals surface area contributed by atoms with Crippen LogP contribution in [0.15, 0.2) is 85.1 Å². The number of carboxylic acid groups (broad SMARTS) is 1. The topological polar surface area (TPSA) is 158 Å². The van der Waals surface area contributed by atoms with Crippen LogP contribution < -0.4 is 16.4 Å². The van der Waals surface area contributed by atoms with Crippen molar-refractivity contribution >= 4 is 28.7 Å². The molecule has 196 valence electrons. The van der Waals surface area contributed by atoms with Gasteiger partial charge in [0.2, 0.25) is 11.8 Å². The van der Waals surface area contributed by atoms with E-state index in [1.807, 2.05) is 54.6 Å². The Morgan fingerprint density at radius 1 is 0.763 bits per heavy atom. The van der Waals surface area contributed by atoms with Gasteiger partial charge in [-0.15, -0.1) is 0 Å². The summed E-state index contributed by atoms with van der Waals surface area (Å²) in [6, 6.07) is 19.8. The lowest BCUT2D eigenvalue weighted by molar-refractivity contribution is -0.142. The molecule has 0 saturated heterocycles. The van der Waals surface area contributed by atoms with Crippen LogP contribution in [-0.2, 0) is 33.6 Å². The predicted molar refractivity (Wildman–Crippen MR) is 143 cm³/mol. The average molecular weight is 515 g/mol. The number of rotatable bonds is 11. The molecule has 3 unspecified atom stereocenters. The third-order valence-corrected chi connectivity index (χ3v) is 6.36. The van der Waals surface area contributed by atoms with Crippen molar-refractivity contribution in [1.29, 1.82) is 0 Å². The minimum Gasteiger partial charge on any atom is -0.508 e. The van der Waals surface area contributed by atoms with Crippen molar-refractivity contribution in [3.63, 3.8) is 0 Å². The number of phenolic OH excluding ortho intramolecular Hbond substituents is 1. The van der Waals surface area contributed by atoms with Gasteiger partial charge in [-0.05, 0) is 41.3 Å². The highest BCUT2D eigenvalue weighted by Crippen LogP contribution is 2.19. The zero-order valence-corrected chi connectivity index (χ0v) is 20.6. The molecule has 0 bridgehead atoms. The molecule has 1 heterocycles. The number of fused-ring (bicyclic) bond motifs is 1. The van der Waals surface area contributed by atoms with Crippen LogP contribution in [0.4, 0.5) is 0 Å². The molecular weight excluding hydrogens is 484 g/mol. The number of nitrogens with two attached hydrogens (primary N) is 1. The van der Waals surface area contributed by atoms with Gasteiger partial charge < -0.3 is 31.6 Å². The van der Waals surface area contributed by atoms with E-state index >= 15 is 0 Å². The van der Waals surface area contributed by atoms with Crippen LogP contribution in [0.2, 0.25) is 0 Å². The second kappa shape index (κ2) is 12.1. The Balaban J connectivity index is 1.48. The fraction of sp³-hybridized carbons (Fsp3) is 0.207. The average Bonchev–Trinajstić information content (AvgIpc) is 3.32. The Hall–Kier alpha value is -4.63. The van der Waals surface area contributed by atoms with Gasteiger partial charge in [0.25, 0.3) is 0 Å². The fourth-order valence-electron chi connectivity index (χ4n) is 4.31. The van der Waals surface area contributed by atoms with E-state index in [1.165, 1.54) is 12.1 Å². The molecule has 3 aromatic carbocycles. The SMILES string of the molecule is NC(Cc1ccc(O)cc1)C(=O)NC(Cc1ccccc1)C(=O)NC(Cc1c[nH]c2ccccc12)C(=O)O.